The highest BCUT2D eigenvalue weighted by molar-refractivity contribution is 6.30. The Morgan fingerprint density at radius 3 is 2.32 bits per heavy atom. The third-order valence-corrected chi connectivity index (χ3v) is 3.41. The van der Waals surface area contributed by atoms with Crippen molar-refractivity contribution in [2.24, 2.45) is 5.73 Å². The zero-order valence-corrected chi connectivity index (χ0v) is 13.2. The Kier molecular flexibility index (Phi) is 5.33. The molecule has 11 heteroatoms. The van der Waals surface area contributed by atoms with Gasteiger partial charge < -0.3 is 11.1 Å². The van der Waals surface area contributed by atoms with E-state index in [0.717, 1.165) is 0 Å². The molecule has 0 spiro atoms. The average molecular weight is 383 g/mol. The first kappa shape index (κ1) is 19.1. The van der Waals surface area contributed by atoms with E-state index in [2.05, 4.69) is 5.10 Å². The predicted octanol–water partition coefficient (Wildman–Crippen LogP) is 2.87. The van der Waals surface area contributed by atoms with E-state index in [9.17, 15) is 26.7 Å². The van der Waals surface area contributed by atoms with Crippen molar-refractivity contribution in [3.05, 3.63) is 46.7 Å². The Balaban J connectivity index is 2.39. The first-order chi connectivity index (χ1) is 11.5. The fourth-order valence-electron chi connectivity index (χ4n) is 1.94. The van der Waals surface area contributed by atoms with Crippen molar-refractivity contribution in [3.63, 3.8) is 0 Å². The molecular weight excluding hydrogens is 371 g/mol. The molecular formula is C14H12ClF5N4O. The largest absolute Gasteiger partial charge is 0.434 e. The van der Waals surface area contributed by atoms with Gasteiger partial charge in [0, 0.05) is 5.02 Å². The fourth-order valence-corrected chi connectivity index (χ4v) is 2.07. The maximum absolute atomic E-state index is 13.4. The number of nitrogens with one attached hydrogen (secondary N) is 1. The molecule has 0 saturated carbocycles. The highest BCUT2D eigenvalue weighted by Gasteiger charge is 2.41. The molecule has 5 nitrogen and oxygen atoms in total. The van der Waals surface area contributed by atoms with Gasteiger partial charge in [0.05, 0.1) is 30.5 Å². The summed E-state index contributed by atoms with van der Waals surface area (Å²) >= 11 is 5.68. The van der Waals surface area contributed by atoms with Gasteiger partial charge in [0.2, 0.25) is 0 Å². The van der Waals surface area contributed by atoms with Crippen molar-refractivity contribution in [2.75, 3.05) is 13.1 Å². The number of alkyl halides is 5. The molecule has 1 heterocycles. The molecule has 0 atom stereocenters. The number of carbonyl (C=O) groups excluding carboxylic acids is 1. The van der Waals surface area contributed by atoms with Crippen LogP contribution in [0.5, 0.6) is 0 Å². The number of nitrogens with zero attached hydrogens (tertiary/aromatic N) is 2. The Bertz CT molecular complexity index is 758. The lowest BCUT2D eigenvalue weighted by Gasteiger charge is -2.15. The molecule has 0 aliphatic carbocycles. The van der Waals surface area contributed by atoms with Crippen LogP contribution in [0.4, 0.5) is 22.0 Å². The lowest BCUT2D eigenvalue weighted by atomic mass is 10.2. The highest BCUT2D eigenvalue weighted by Crippen LogP contribution is 2.33. The van der Waals surface area contributed by atoms with Crippen LogP contribution in [0.3, 0.4) is 0 Å². The van der Waals surface area contributed by atoms with Crippen LogP contribution in [-0.2, 0) is 6.18 Å². The Hall–Kier alpha value is -2.20. The highest BCUT2D eigenvalue weighted by atomic mass is 35.5. The number of benzene rings is 1. The number of halogens is 6. The monoisotopic (exact) mass is 382 g/mol. The van der Waals surface area contributed by atoms with Crippen LogP contribution in [0.15, 0.2) is 30.5 Å². The van der Waals surface area contributed by atoms with Crippen LogP contribution in [0.1, 0.15) is 16.1 Å². The van der Waals surface area contributed by atoms with Gasteiger partial charge in [-0.1, -0.05) is 11.6 Å². The second-order valence-corrected chi connectivity index (χ2v) is 5.47. The summed E-state index contributed by atoms with van der Waals surface area (Å²) in [5, 5.41) is 5.58. The molecule has 2 aromatic rings. The van der Waals surface area contributed by atoms with Gasteiger partial charge in [-0.3, -0.25) is 4.79 Å². The van der Waals surface area contributed by atoms with E-state index < -0.39 is 42.4 Å². The summed E-state index contributed by atoms with van der Waals surface area (Å²) in [4.78, 5) is 11.9. The number of carbonyl (C=O) groups is 1. The normalized spacial score (nSPS) is 12.3. The molecule has 0 bridgehead atoms. The number of hydrogen-bond acceptors (Lipinski definition) is 3. The maximum Gasteiger partial charge on any atom is 0.434 e. The standard InChI is InChI=1S/C14H12ClF5N4O/c15-8-1-3-9(4-2-8)24-11(14(18,19)20)10(5-23-24)12(25)22-7-13(16,17)6-21/h1-5H,6-7,21H2,(H,22,25). The van der Waals surface area contributed by atoms with Crippen molar-refractivity contribution in [1.29, 1.82) is 0 Å². The number of amides is 1. The van der Waals surface area contributed by atoms with Gasteiger partial charge in [-0.25, -0.2) is 13.5 Å². The number of hydrogen-bond donors (Lipinski definition) is 2. The first-order valence-corrected chi connectivity index (χ1v) is 7.20. The van der Waals surface area contributed by atoms with E-state index in [-0.39, 0.29) is 5.69 Å². The van der Waals surface area contributed by atoms with Gasteiger partial charge in [-0.05, 0) is 24.3 Å². The van der Waals surface area contributed by atoms with Crippen molar-refractivity contribution < 1.29 is 26.7 Å². The molecule has 2 rings (SSSR count). The minimum atomic E-state index is -4.95. The summed E-state index contributed by atoms with van der Waals surface area (Å²) < 4.78 is 66.8. The quantitative estimate of drug-likeness (QED) is 0.781. The molecule has 0 saturated heterocycles. The smallest absolute Gasteiger partial charge is 0.346 e. The summed E-state index contributed by atoms with van der Waals surface area (Å²) in [6.45, 7) is -2.24. The molecule has 136 valence electrons. The summed E-state index contributed by atoms with van der Waals surface area (Å²) in [6, 6.07) is 5.24. The van der Waals surface area contributed by atoms with E-state index in [0.29, 0.717) is 15.9 Å². The van der Waals surface area contributed by atoms with Crippen LogP contribution >= 0.6 is 11.6 Å². The number of aromatic nitrogens is 2. The second-order valence-electron chi connectivity index (χ2n) is 5.04. The number of nitrogens with two attached hydrogens (primary N) is 1. The zero-order valence-electron chi connectivity index (χ0n) is 12.4. The topological polar surface area (TPSA) is 72.9 Å². The van der Waals surface area contributed by atoms with Crippen LogP contribution < -0.4 is 11.1 Å². The molecule has 0 aliphatic heterocycles. The van der Waals surface area contributed by atoms with E-state index in [1.165, 1.54) is 24.3 Å². The molecule has 0 aliphatic rings. The van der Waals surface area contributed by atoms with Crippen LogP contribution in [0, 0.1) is 0 Å². The van der Waals surface area contributed by atoms with Crippen molar-refractivity contribution in [1.82, 2.24) is 15.1 Å². The molecule has 25 heavy (non-hydrogen) atoms. The van der Waals surface area contributed by atoms with Gasteiger partial charge in [0.1, 0.15) is 0 Å². The number of rotatable bonds is 5. The molecule has 0 fully saturated rings. The van der Waals surface area contributed by atoms with Crippen molar-refractivity contribution in [3.8, 4) is 5.69 Å². The summed E-state index contributed by atoms with van der Waals surface area (Å²) in [7, 11) is 0. The minimum absolute atomic E-state index is 0.00284. The van der Waals surface area contributed by atoms with Crippen LogP contribution in [0.25, 0.3) is 5.69 Å². The average Bonchev–Trinajstić information content (AvgIpc) is 2.99. The van der Waals surface area contributed by atoms with Gasteiger partial charge in [-0.15, -0.1) is 0 Å². The second kappa shape index (κ2) is 6.96. The zero-order chi connectivity index (χ0) is 18.8. The third-order valence-electron chi connectivity index (χ3n) is 3.16. The van der Waals surface area contributed by atoms with Gasteiger partial charge in [0.15, 0.2) is 5.69 Å². The van der Waals surface area contributed by atoms with Crippen molar-refractivity contribution in [2.45, 2.75) is 12.1 Å². The first-order valence-electron chi connectivity index (χ1n) is 6.82. The maximum atomic E-state index is 13.4. The lowest BCUT2D eigenvalue weighted by molar-refractivity contribution is -0.143. The third kappa shape index (κ3) is 4.45. The lowest BCUT2D eigenvalue weighted by Crippen LogP contribution is -2.41. The molecule has 3 N–H and O–H groups in total. The fraction of sp³-hybridized carbons (Fsp3) is 0.286. The summed E-state index contributed by atoms with van der Waals surface area (Å²) in [6.07, 6.45) is -4.29. The SMILES string of the molecule is NCC(F)(F)CNC(=O)c1cnn(-c2ccc(Cl)cc2)c1C(F)(F)F. The molecule has 0 radical (unpaired) electrons. The van der Waals surface area contributed by atoms with Gasteiger partial charge in [-0.2, -0.15) is 18.3 Å². The van der Waals surface area contributed by atoms with E-state index in [1.807, 2.05) is 0 Å². The van der Waals surface area contributed by atoms with Crippen LogP contribution in [-0.4, -0.2) is 34.7 Å². The molecule has 1 aromatic carbocycles. The van der Waals surface area contributed by atoms with Gasteiger partial charge in [0.25, 0.3) is 11.8 Å². The predicted molar refractivity (Wildman–Crippen MR) is 79.9 cm³/mol. The van der Waals surface area contributed by atoms with Crippen LogP contribution in [0.2, 0.25) is 5.02 Å². The van der Waals surface area contributed by atoms with Crippen molar-refractivity contribution >= 4 is 17.5 Å². The molecule has 1 amide bonds. The minimum Gasteiger partial charge on any atom is -0.346 e. The summed E-state index contributed by atoms with van der Waals surface area (Å²) in [5.41, 5.74) is 2.55. The van der Waals surface area contributed by atoms with E-state index in [1.54, 1.807) is 5.32 Å². The Morgan fingerprint density at radius 2 is 1.80 bits per heavy atom. The van der Waals surface area contributed by atoms with E-state index in [4.69, 9.17) is 17.3 Å². The van der Waals surface area contributed by atoms with Gasteiger partial charge >= 0.3 is 6.18 Å². The Labute approximate surface area is 143 Å². The van der Waals surface area contributed by atoms with E-state index >= 15 is 0 Å². The summed E-state index contributed by atoms with van der Waals surface area (Å²) in [5.74, 6) is -4.76. The Morgan fingerprint density at radius 1 is 1.20 bits per heavy atom. The molecule has 1 aromatic heterocycles. The molecule has 0 unspecified atom stereocenters.